The highest BCUT2D eigenvalue weighted by molar-refractivity contribution is 5.97. The van der Waals surface area contributed by atoms with E-state index in [1.165, 1.54) is 17.1 Å². The predicted molar refractivity (Wildman–Crippen MR) is 88.6 cm³/mol. The Morgan fingerprint density at radius 2 is 2.04 bits per heavy atom. The summed E-state index contributed by atoms with van der Waals surface area (Å²) in [6.07, 6.45) is 0.0580. The molecular formula is C18H16N2O5. The first-order valence-electron chi connectivity index (χ1n) is 7.84. The summed E-state index contributed by atoms with van der Waals surface area (Å²) >= 11 is 0. The number of hydrogen-bond acceptors (Lipinski definition) is 5. The van der Waals surface area contributed by atoms with Crippen LogP contribution < -0.4 is 19.9 Å². The van der Waals surface area contributed by atoms with Gasteiger partial charge in [0.2, 0.25) is 5.91 Å². The Kier molecular flexibility index (Phi) is 3.58. The summed E-state index contributed by atoms with van der Waals surface area (Å²) in [5.74, 6) is -0.184. The fraction of sp³-hybridized carbons (Fsp3) is 0.222. The molecule has 1 amide bonds. The maximum absolute atomic E-state index is 12.8. The van der Waals surface area contributed by atoms with Crippen LogP contribution in [-0.4, -0.2) is 30.3 Å². The van der Waals surface area contributed by atoms with Crippen molar-refractivity contribution in [2.24, 2.45) is 5.92 Å². The first-order valence-corrected chi connectivity index (χ1v) is 7.84. The fourth-order valence-corrected chi connectivity index (χ4v) is 3.21. The van der Waals surface area contributed by atoms with Gasteiger partial charge in [0.15, 0.2) is 17.7 Å². The lowest BCUT2D eigenvalue weighted by Gasteiger charge is -2.27. The summed E-state index contributed by atoms with van der Waals surface area (Å²) in [5, 5.41) is 10.4. The van der Waals surface area contributed by atoms with Gasteiger partial charge in [0, 0.05) is 0 Å². The van der Waals surface area contributed by atoms with Gasteiger partial charge in [-0.15, -0.1) is 0 Å². The summed E-state index contributed by atoms with van der Waals surface area (Å²) in [4.78, 5) is 23.7. The van der Waals surface area contributed by atoms with Crippen LogP contribution in [0, 0.1) is 5.92 Å². The van der Waals surface area contributed by atoms with Crippen LogP contribution in [0.5, 0.6) is 11.5 Å². The smallest absolute Gasteiger partial charge is 0.335 e. The summed E-state index contributed by atoms with van der Waals surface area (Å²) in [5.41, 5.74) is 4.73. The third-order valence-electron chi connectivity index (χ3n) is 4.50. The number of nitrogens with zero attached hydrogens (tertiary/aromatic N) is 1. The Balaban J connectivity index is 1.61. The highest BCUT2D eigenvalue weighted by Gasteiger charge is 2.46. The minimum atomic E-state index is -1.01. The second-order valence-electron chi connectivity index (χ2n) is 5.95. The van der Waals surface area contributed by atoms with Crippen molar-refractivity contribution < 1.29 is 24.2 Å². The third kappa shape index (κ3) is 2.49. The number of para-hydroxylation sites is 1. The molecule has 1 fully saturated rings. The number of hydrazine groups is 1. The standard InChI is InChI=1S/C18H16N2O5/c1-24-14-4-2-3-11-9-13-16(25-15(11)14)19-20(17(13)21)12-7-5-10(6-8-12)18(22)23/h2-8,13,16,19H,9H2,1H3,(H,22,23). The molecule has 0 radical (unpaired) electrons. The highest BCUT2D eigenvalue weighted by Crippen LogP contribution is 2.40. The number of carbonyl (C=O) groups is 2. The molecule has 2 atom stereocenters. The van der Waals surface area contributed by atoms with Gasteiger partial charge in [-0.3, -0.25) is 4.79 Å². The van der Waals surface area contributed by atoms with Crippen molar-refractivity contribution in [3.05, 3.63) is 53.6 Å². The van der Waals surface area contributed by atoms with Gasteiger partial charge >= 0.3 is 5.97 Å². The van der Waals surface area contributed by atoms with Crippen LogP contribution in [0.4, 0.5) is 5.69 Å². The lowest BCUT2D eigenvalue weighted by Crippen LogP contribution is -2.41. The van der Waals surface area contributed by atoms with Crippen LogP contribution in [0.1, 0.15) is 15.9 Å². The molecule has 25 heavy (non-hydrogen) atoms. The van der Waals surface area contributed by atoms with Gasteiger partial charge in [-0.05, 0) is 42.3 Å². The third-order valence-corrected chi connectivity index (χ3v) is 4.50. The Morgan fingerprint density at radius 1 is 1.28 bits per heavy atom. The fourth-order valence-electron chi connectivity index (χ4n) is 3.21. The zero-order valence-corrected chi connectivity index (χ0v) is 13.4. The molecule has 2 unspecified atom stereocenters. The Hall–Kier alpha value is -3.06. The SMILES string of the molecule is COc1cccc2c1OC1NN(c3ccc(C(=O)O)cc3)C(=O)C1C2. The first kappa shape index (κ1) is 15.5. The van der Waals surface area contributed by atoms with Crippen LogP contribution in [0.25, 0.3) is 0 Å². The molecule has 0 bridgehead atoms. The van der Waals surface area contributed by atoms with Gasteiger partial charge in [0.05, 0.1) is 24.3 Å². The number of benzene rings is 2. The van der Waals surface area contributed by atoms with Gasteiger partial charge < -0.3 is 14.6 Å². The number of ether oxygens (including phenoxy) is 2. The monoisotopic (exact) mass is 340 g/mol. The molecule has 2 N–H and O–H groups in total. The molecule has 2 aliphatic rings. The minimum Gasteiger partial charge on any atom is -0.493 e. The van der Waals surface area contributed by atoms with Crippen molar-refractivity contribution in [2.45, 2.75) is 12.6 Å². The van der Waals surface area contributed by atoms with Crippen LogP contribution in [0.3, 0.4) is 0 Å². The molecule has 0 spiro atoms. The molecule has 2 aliphatic heterocycles. The summed E-state index contributed by atoms with van der Waals surface area (Å²) < 4.78 is 11.3. The molecule has 7 nitrogen and oxygen atoms in total. The Morgan fingerprint density at radius 3 is 2.72 bits per heavy atom. The van der Waals surface area contributed by atoms with Crippen LogP contribution in [-0.2, 0) is 11.2 Å². The van der Waals surface area contributed by atoms with E-state index in [1.807, 2.05) is 18.2 Å². The number of carbonyl (C=O) groups excluding carboxylic acids is 1. The number of nitrogens with one attached hydrogen (secondary N) is 1. The second kappa shape index (κ2) is 5.78. The largest absolute Gasteiger partial charge is 0.493 e. The minimum absolute atomic E-state index is 0.110. The molecule has 0 saturated carbocycles. The van der Waals surface area contributed by atoms with E-state index in [0.29, 0.717) is 23.6 Å². The van der Waals surface area contributed by atoms with E-state index < -0.39 is 12.2 Å². The molecule has 0 aromatic heterocycles. The van der Waals surface area contributed by atoms with Gasteiger partial charge in [-0.25, -0.2) is 9.80 Å². The van der Waals surface area contributed by atoms with Crippen LogP contribution in [0.2, 0.25) is 0 Å². The summed E-state index contributed by atoms with van der Waals surface area (Å²) in [6.45, 7) is 0. The number of methoxy groups -OCH3 is 1. The van der Waals surface area contributed by atoms with E-state index >= 15 is 0 Å². The van der Waals surface area contributed by atoms with Crippen molar-refractivity contribution >= 4 is 17.6 Å². The average Bonchev–Trinajstić information content (AvgIpc) is 2.95. The highest BCUT2D eigenvalue weighted by atomic mass is 16.5. The normalized spacial score (nSPS) is 21.3. The maximum Gasteiger partial charge on any atom is 0.335 e. The molecule has 128 valence electrons. The first-order chi connectivity index (χ1) is 12.1. The molecule has 2 aromatic rings. The molecule has 0 aliphatic carbocycles. The molecule has 2 aromatic carbocycles. The molecular weight excluding hydrogens is 324 g/mol. The van der Waals surface area contributed by atoms with Gasteiger partial charge in [-0.1, -0.05) is 12.1 Å². The molecule has 1 saturated heterocycles. The van der Waals surface area contributed by atoms with Crippen LogP contribution >= 0.6 is 0 Å². The lowest BCUT2D eigenvalue weighted by molar-refractivity contribution is -0.121. The summed E-state index contributed by atoms with van der Waals surface area (Å²) in [7, 11) is 1.58. The van der Waals surface area contributed by atoms with Crippen molar-refractivity contribution in [3.63, 3.8) is 0 Å². The van der Waals surface area contributed by atoms with Gasteiger partial charge in [-0.2, -0.15) is 5.43 Å². The van der Waals surface area contributed by atoms with Crippen molar-refractivity contribution in [2.75, 3.05) is 12.1 Å². The van der Waals surface area contributed by atoms with E-state index in [2.05, 4.69) is 5.43 Å². The topological polar surface area (TPSA) is 88.1 Å². The van der Waals surface area contributed by atoms with E-state index in [0.717, 1.165) is 5.56 Å². The number of rotatable bonds is 3. The molecule has 2 heterocycles. The average molecular weight is 340 g/mol. The number of carboxylic acids is 1. The number of anilines is 1. The number of amides is 1. The van der Waals surface area contributed by atoms with Crippen molar-refractivity contribution in [1.82, 2.24) is 5.43 Å². The number of aromatic carboxylic acids is 1. The van der Waals surface area contributed by atoms with Crippen LogP contribution in [0.15, 0.2) is 42.5 Å². The van der Waals surface area contributed by atoms with Crippen molar-refractivity contribution in [1.29, 1.82) is 0 Å². The zero-order chi connectivity index (χ0) is 17.6. The maximum atomic E-state index is 12.8. The lowest BCUT2D eigenvalue weighted by atomic mass is 9.94. The Labute approximate surface area is 143 Å². The number of carboxylic acid groups (broad SMARTS) is 1. The quantitative estimate of drug-likeness (QED) is 0.886. The van der Waals surface area contributed by atoms with Gasteiger partial charge in [0.25, 0.3) is 0 Å². The van der Waals surface area contributed by atoms with E-state index in [9.17, 15) is 9.59 Å². The van der Waals surface area contributed by atoms with E-state index in [4.69, 9.17) is 14.6 Å². The predicted octanol–water partition coefficient (Wildman–Crippen LogP) is 1.82. The summed E-state index contributed by atoms with van der Waals surface area (Å²) in [6, 6.07) is 11.7. The molecule has 4 rings (SSSR count). The van der Waals surface area contributed by atoms with Gasteiger partial charge in [0.1, 0.15) is 0 Å². The Bertz CT molecular complexity index is 849. The molecule has 7 heteroatoms. The van der Waals surface area contributed by atoms with Crippen molar-refractivity contribution in [3.8, 4) is 11.5 Å². The zero-order valence-electron chi connectivity index (χ0n) is 13.4. The second-order valence-corrected chi connectivity index (χ2v) is 5.95. The number of hydrogen-bond donors (Lipinski definition) is 2. The number of fused-ring (bicyclic) bond motifs is 2. The van der Waals surface area contributed by atoms with E-state index in [-0.39, 0.29) is 17.4 Å². The van der Waals surface area contributed by atoms with E-state index in [1.54, 1.807) is 19.2 Å².